The molecule has 0 aliphatic carbocycles. The quantitative estimate of drug-likeness (QED) is 0.846. The lowest BCUT2D eigenvalue weighted by Gasteiger charge is -2.13. The van der Waals surface area contributed by atoms with Gasteiger partial charge in [0, 0.05) is 29.7 Å². The molecule has 5 heteroatoms. The number of nitrogens with zero attached hydrogens (tertiary/aromatic N) is 1. The first-order chi connectivity index (χ1) is 10.2. The third-order valence-corrected chi connectivity index (χ3v) is 3.75. The Morgan fingerprint density at radius 3 is 3.10 bits per heavy atom. The zero-order valence-corrected chi connectivity index (χ0v) is 12.6. The minimum Gasteiger partial charge on any atom is -0.349 e. The summed E-state index contributed by atoms with van der Waals surface area (Å²) >= 11 is 1.69. The van der Waals surface area contributed by atoms with E-state index in [-0.39, 0.29) is 18.5 Å². The van der Waals surface area contributed by atoms with E-state index in [4.69, 9.17) is 5.73 Å². The summed E-state index contributed by atoms with van der Waals surface area (Å²) < 4.78 is 0. The van der Waals surface area contributed by atoms with Gasteiger partial charge in [0.05, 0.1) is 17.7 Å². The first-order valence-corrected chi connectivity index (χ1v) is 7.55. The molecule has 2 rings (SSSR count). The Morgan fingerprint density at radius 2 is 2.38 bits per heavy atom. The van der Waals surface area contributed by atoms with Crippen molar-refractivity contribution < 1.29 is 4.79 Å². The Morgan fingerprint density at radius 1 is 1.52 bits per heavy atom. The van der Waals surface area contributed by atoms with Gasteiger partial charge >= 0.3 is 0 Å². The molecule has 3 N–H and O–H groups in total. The molecule has 0 bridgehead atoms. The van der Waals surface area contributed by atoms with Gasteiger partial charge in [0.25, 0.3) is 5.91 Å². The van der Waals surface area contributed by atoms with Crippen molar-refractivity contribution in [1.82, 2.24) is 10.3 Å². The lowest BCUT2D eigenvalue weighted by molar-refractivity contribution is 0.0940. The van der Waals surface area contributed by atoms with E-state index < -0.39 is 0 Å². The average Bonchev–Trinajstić information content (AvgIpc) is 2.98. The van der Waals surface area contributed by atoms with Crippen LogP contribution >= 0.6 is 11.3 Å². The van der Waals surface area contributed by atoms with Gasteiger partial charge in [-0.1, -0.05) is 17.9 Å². The summed E-state index contributed by atoms with van der Waals surface area (Å²) in [4.78, 5) is 17.6. The van der Waals surface area contributed by atoms with E-state index in [0.717, 1.165) is 6.42 Å². The third-order valence-electron chi connectivity index (χ3n) is 2.86. The zero-order chi connectivity index (χ0) is 15.1. The summed E-state index contributed by atoms with van der Waals surface area (Å²) in [7, 11) is 0. The fourth-order valence-corrected chi connectivity index (χ4v) is 2.76. The molecule has 4 nitrogen and oxygen atoms in total. The van der Waals surface area contributed by atoms with E-state index >= 15 is 0 Å². The summed E-state index contributed by atoms with van der Waals surface area (Å²) in [5.74, 6) is 5.49. The van der Waals surface area contributed by atoms with Crippen LogP contribution in [0.4, 0.5) is 0 Å². The maximum absolute atomic E-state index is 12.3. The predicted octanol–water partition coefficient (Wildman–Crippen LogP) is 1.81. The van der Waals surface area contributed by atoms with Gasteiger partial charge in [0.1, 0.15) is 0 Å². The number of aromatic nitrogens is 1. The molecule has 0 aliphatic rings. The number of carbonyl (C=O) groups is 1. The van der Waals surface area contributed by atoms with Crippen molar-refractivity contribution in [2.45, 2.75) is 19.4 Å². The van der Waals surface area contributed by atoms with Crippen LogP contribution in [0, 0.1) is 11.8 Å². The summed E-state index contributed by atoms with van der Waals surface area (Å²) in [6.07, 6.45) is 3.99. The third kappa shape index (κ3) is 4.42. The summed E-state index contributed by atoms with van der Waals surface area (Å²) in [6, 6.07) is 5.81. The maximum Gasteiger partial charge on any atom is 0.252 e. The van der Waals surface area contributed by atoms with E-state index in [1.165, 1.54) is 4.88 Å². The fourth-order valence-electron chi connectivity index (χ4n) is 1.92. The summed E-state index contributed by atoms with van der Waals surface area (Å²) in [5, 5.41) is 5.03. The molecular formula is C16H17N3OS. The van der Waals surface area contributed by atoms with Gasteiger partial charge < -0.3 is 11.1 Å². The number of hydrogen-bond acceptors (Lipinski definition) is 4. The molecular weight excluding hydrogens is 282 g/mol. The average molecular weight is 299 g/mol. The number of thiophene rings is 1. The van der Waals surface area contributed by atoms with Crippen molar-refractivity contribution >= 4 is 17.2 Å². The van der Waals surface area contributed by atoms with Crippen LogP contribution in [0.5, 0.6) is 0 Å². The molecule has 0 spiro atoms. The first kappa shape index (κ1) is 15.2. The van der Waals surface area contributed by atoms with Gasteiger partial charge in [-0.25, -0.2) is 0 Å². The van der Waals surface area contributed by atoms with E-state index in [2.05, 4.69) is 28.2 Å². The van der Waals surface area contributed by atoms with Crippen LogP contribution in [0.15, 0.2) is 36.0 Å². The van der Waals surface area contributed by atoms with Gasteiger partial charge in [-0.2, -0.15) is 0 Å². The van der Waals surface area contributed by atoms with Gasteiger partial charge in [0.2, 0.25) is 0 Å². The van der Waals surface area contributed by atoms with Crippen molar-refractivity contribution in [3.63, 3.8) is 0 Å². The molecule has 1 amide bonds. The van der Waals surface area contributed by atoms with Crippen molar-refractivity contribution in [3.8, 4) is 11.8 Å². The van der Waals surface area contributed by atoms with Gasteiger partial charge in [0.15, 0.2) is 0 Å². The number of amides is 1. The smallest absolute Gasteiger partial charge is 0.252 e. The Labute approximate surface area is 128 Å². The normalized spacial score (nSPS) is 11.3. The highest BCUT2D eigenvalue weighted by Crippen LogP contribution is 2.12. The first-order valence-electron chi connectivity index (χ1n) is 6.67. The number of carbonyl (C=O) groups excluding carboxylic acids is 1. The van der Waals surface area contributed by atoms with E-state index in [9.17, 15) is 4.79 Å². The molecule has 108 valence electrons. The Balaban J connectivity index is 2.06. The fraction of sp³-hybridized carbons (Fsp3) is 0.250. The molecule has 1 atom stereocenters. The second-order valence-electron chi connectivity index (χ2n) is 4.59. The van der Waals surface area contributed by atoms with Crippen molar-refractivity contribution in [2.24, 2.45) is 5.73 Å². The Hall–Kier alpha value is -2.16. The largest absolute Gasteiger partial charge is 0.349 e. The van der Waals surface area contributed by atoms with Crippen molar-refractivity contribution in [2.75, 3.05) is 6.54 Å². The highest BCUT2D eigenvalue weighted by molar-refractivity contribution is 7.09. The molecule has 2 heterocycles. The van der Waals surface area contributed by atoms with Crippen LogP contribution in [0.2, 0.25) is 0 Å². The zero-order valence-electron chi connectivity index (χ0n) is 11.8. The van der Waals surface area contributed by atoms with Crippen LogP contribution < -0.4 is 11.1 Å². The van der Waals surface area contributed by atoms with E-state index in [1.807, 2.05) is 18.4 Å². The Bertz CT molecular complexity index is 656. The topological polar surface area (TPSA) is 68.0 Å². The standard InChI is InChI=1S/C16H17N3OS/c1-12(10-14-5-3-9-21-14)19-16(20)15-6-8-18-11-13(15)4-2-7-17/h3,5-6,8-9,11-12H,7,10,17H2,1H3,(H,19,20). The van der Waals surface area contributed by atoms with Crippen LogP contribution in [0.3, 0.4) is 0 Å². The predicted molar refractivity (Wildman–Crippen MR) is 85.1 cm³/mol. The maximum atomic E-state index is 12.3. The molecule has 1 unspecified atom stereocenters. The number of hydrogen-bond donors (Lipinski definition) is 2. The number of rotatable bonds is 4. The monoisotopic (exact) mass is 299 g/mol. The van der Waals surface area contributed by atoms with Crippen LogP contribution in [-0.4, -0.2) is 23.5 Å². The summed E-state index contributed by atoms with van der Waals surface area (Å²) in [5.41, 5.74) is 6.50. The minimum atomic E-state index is -0.136. The molecule has 0 saturated carbocycles. The lowest BCUT2D eigenvalue weighted by atomic mass is 10.1. The second-order valence-corrected chi connectivity index (χ2v) is 5.62. The molecule has 2 aromatic heterocycles. The highest BCUT2D eigenvalue weighted by Gasteiger charge is 2.13. The van der Waals surface area contributed by atoms with Gasteiger partial charge in [-0.3, -0.25) is 9.78 Å². The van der Waals surface area contributed by atoms with E-state index in [1.54, 1.807) is 29.8 Å². The van der Waals surface area contributed by atoms with Crippen LogP contribution in [0.25, 0.3) is 0 Å². The minimum absolute atomic E-state index is 0.0552. The van der Waals surface area contributed by atoms with Crippen molar-refractivity contribution in [3.05, 3.63) is 52.0 Å². The Kier molecular flexibility index (Phi) is 5.50. The molecule has 21 heavy (non-hydrogen) atoms. The molecule has 2 aromatic rings. The molecule has 0 fully saturated rings. The van der Waals surface area contributed by atoms with Crippen molar-refractivity contribution in [1.29, 1.82) is 0 Å². The number of nitrogens with one attached hydrogen (secondary N) is 1. The second kappa shape index (κ2) is 7.58. The van der Waals surface area contributed by atoms with Gasteiger partial charge in [-0.05, 0) is 24.4 Å². The summed E-state index contributed by atoms with van der Waals surface area (Å²) in [6.45, 7) is 2.24. The van der Waals surface area contributed by atoms with E-state index in [0.29, 0.717) is 11.1 Å². The SMILES string of the molecule is CC(Cc1cccs1)NC(=O)c1ccncc1C#CCN. The molecule has 0 radical (unpaired) electrons. The van der Waals surface area contributed by atoms with Gasteiger partial charge in [-0.15, -0.1) is 11.3 Å². The van der Waals surface area contributed by atoms with Crippen LogP contribution in [0.1, 0.15) is 27.7 Å². The van der Waals surface area contributed by atoms with Crippen LogP contribution in [-0.2, 0) is 6.42 Å². The molecule has 0 saturated heterocycles. The molecule has 0 aromatic carbocycles. The number of nitrogens with two attached hydrogens (primary N) is 1. The highest BCUT2D eigenvalue weighted by atomic mass is 32.1. The number of pyridine rings is 1. The lowest BCUT2D eigenvalue weighted by Crippen LogP contribution is -2.34. The molecule has 0 aliphatic heterocycles.